The molecular formula is C35H33N3O3. The molecule has 41 heavy (non-hydrogen) atoms. The van der Waals surface area contributed by atoms with Crippen molar-refractivity contribution in [1.82, 2.24) is 14.9 Å². The first kappa shape index (κ1) is 23.9. The van der Waals surface area contributed by atoms with Crippen LogP contribution in [0, 0.1) is 5.92 Å². The first-order valence-corrected chi connectivity index (χ1v) is 15.0. The molecule has 5 aliphatic rings. The Morgan fingerprint density at radius 1 is 0.951 bits per heavy atom. The third-order valence-electron chi connectivity index (χ3n) is 10.5. The molecule has 2 aliphatic heterocycles. The van der Waals surface area contributed by atoms with Gasteiger partial charge in [0.25, 0.3) is 0 Å². The Kier molecular flexibility index (Phi) is 4.90. The van der Waals surface area contributed by atoms with Crippen LogP contribution >= 0.6 is 0 Å². The van der Waals surface area contributed by atoms with E-state index in [9.17, 15) is 10.2 Å². The van der Waals surface area contributed by atoms with Crippen molar-refractivity contribution < 1.29 is 14.9 Å². The van der Waals surface area contributed by atoms with Gasteiger partial charge in [0.2, 0.25) is 0 Å². The number of aromatic hydroxyl groups is 1. The second-order valence-corrected chi connectivity index (χ2v) is 12.8. The number of rotatable bonds is 5. The molecule has 6 heteroatoms. The fourth-order valence-electron chi connectivity index (χ4n) is 8.56. The minimum Gasteiger partial charge on any atom is -0.504 e. The number of hydrogen-bond acceptors (Lipinski definition) is 6. The first-order chi connectivity index (χ1) is 20.0. The standard InChI is InChI=1S/C35H33N3O3/c39-26-14-13-24-18-27-35(40)19-25-30(23-9-5-2-6-10-23)36-28(17-21-7-3-1-4-8-21)37-31(25)33-34(35,29(24)32(26)41-33)15-16-38(27)20-22-11-12-22/h1-10,13-14,22,27,33,39-40H,11-12,15-20H2/t27-,33-,34-,35+/m0/s1. The Balaban J connectivity index is 1.28. The number of likely N-dealkylation sites (tertiary alicyclic amines) is 1. The van der Waals surface area contributed by atoms with Gasteiger partial charge in [0, 0.05) is 42.1 Å². The van der Waals surface area contributed by atoms with Crippen LogP contribution in [0.4, 0.5) is 0 Å². The lowest BCUT2D eigenvalue weighted by molar-refractivity contribution is -0.173. The van der Waals surface area contributed by atoms with Crippen LogP contribution in [0.5, 0.6) is 11.5 Å². The van der Waals surface area contributed by atoms with Gasteiger partial charge in [-0.05, 0) is 55.3 Å². The van der Waals surface area contributed by atoms with E-state index >= 15 is 0 Å². The van der Waals surface area contributed by atoms with Crippen molar-refractivity contribution in [2.75, 3.05) is 13.1 Å². The van der Waals surface area contributed by atoms with Crippen LogP contribution in [0.3, 0.4) is 0 Å². The van der Waals surface area contributed by atoms with Crippen LogP contribution in [0.1, 0.15) is 59.1 Å². The molecular weight excluding hydrogens is 510 g/mol. The van der Waals surface area contributed by atoms with E-state index in [1.165, 1.54) is 18.4 Å². The Labute approximate surface area is 239 Å². The second kappa shape index (κ2) is 8.40. The number of phenolic OH excluding ortho intramolecular Hbond substituents is 1. The monoisotopic (exact) mass is 543 g/mol. The summed E-state index contributed by atoms with van der Waals surface area (Å²) in [6, 6.07) is 24.4. The average Bonchev–Trinajstić information content (AvgIpc) is 3.73. The van der Waals surface area contributed by atoms with Crippen LogP contribution in [-0.2, 0) is 24.7 Å². The molecule has 0 amide bonds. The Bertz CT molecular complexity index is 1690. The van der Waals surface area contributed by atoms with E-state index in [-0.39, 0.29) is 11.8 Å². The van der Waals surface area contributed by atoms with E-state index in [0.717, 1.165) is 71.3 Å². The molecule has 1 aromatic heterocycles. The molecule has 6 nitrogen and oxygen atoms in total. The van der Waals surface area contributed by atoms with Crippen molar-refractivity contribution in [2.24, 2.45) is 5.92 Å². The van der Waals surface area contributed by atoms with Crippen LogP contribution < -0.4 is 4.74 Å². The molecule has 3 aliphatic carbocycles. The minimum absolute atomic E-state index is 0.0216. The maximum atomic E-state index is 13.2. The van der Waals surface area contributed by atoms with Gasteiger partial charge in [0.05, 0.1) is 22.4 Å². The lowest BCUT2D eigenvalue weighted by Gasteiger charge is -2.63. The number of hydrogen-bond donors (Lipinski definition) is 2. The number of aliphatic hydroxyl groups is 1. The van der Waals surface area contributed by atoms with Crippen molar-refractivity contribution in [3.63, 3.8) is 0 Å². The number of aromatic nitrogens is 2. The summed E-state index contributed by atoms with van der Waals surface area (Å²) >= 11 is 0. The lowest BCUT2D eigenvalue weighted by atomic mass is 9.48. The number of fused-ring (bicyclic) bond motifs is 2. The summed E-state index contributed by atoms with van der Waals surface area (Å²) in [5.41, 5.74) is 5.40. The highest BCUT2D eigenvalue weighted by molar-refractivity contribution is 5.70. The summed E-state index contributed by atoms with van der Waals surface area (Å²) < 4.78 is 6.81. The molecule has 2 fully saturated rings. The quantitative estimate of drug-likeness (QED) is 0.363. The fourth-order valence-corrected chi connectivity index (χ4v) is 8.56. The van der Waals surface area contributed by atoms with Crippen LogP contribution in [0.25, 0.3) is 11.3 Å². The molecule has 1 spiro atoms. The van der Waals surface area contributed by atoms with Gasteiger partial charge in [0.1, 0.15) is 5.82 Å². The smallest absolute Gasteiger partial charge is 0.166 e. The van der Waals surface area contributed by atoms with Crippen molar-refractivity contribution >= 4 is 0 Å². The average molecular weight is 544 g/mol. The van der Waals surface area contributed by atoms with Gasteiger partial charge in [-0.25, -0.2) is 9.97 Å². The maximum absolute atomic E-state index is 13.2. The predicted octanol–water partition coefficient (Wildman–Crippen LogP) is 5.14. The lowest BCUT2D eigenvalue weighted by Crippen LogP contribution is -2.74. The van der Waals surface area contributed by atoms with Gasteiger partial charge in [-0.3, -0.25) is 4.90 Å². The number of nitrogens with zero attached hydrogens (tertiary/aromatic N) is 3. The highest BCUT2D eigenvalue weighted by atomic mass is 16.5. The minimum atomic E-state index is -1.06. The zero-order chi connectivity index (χ0) is 27.3. The van der Waals surface area contributed by atoms with Gasteiger partial charge in [-0.2, -0.15) is 0 Å². The third-order valence-corrected chi connectivity index (χ3v) is 10.5. The summed E-state index contributed by atoms with van der Waals surface area (Å²) in [5, 5.41) is 24.2. The first-order valence-electron chi connectivity index (χ1n) is 15.0. The molecule has 0 unspecified atom stereocenters. The van der Waals surface area contributed by atoms with E-state index < -0.39 is 17.1 Å². The van der Waals surface area contributed by atoms with Crippen molar-refractivity contribution in [1.29, 1.82) is 0 Å². The summed E-state index contributed by atoms with van der Waals surface area (Å²) in [7, 11) is 0. The summed E-state index contributed by atoms with van der Waals surface area (Å²) in [4.78, 5) is 13.0. The molecule has 9 rings (SSSR count). The summed E-state index contributed by atoms with van der Waals surface area (Å²) in [5.74, 6) is 2.17. The second-order valence-electron chi connectivity index (χ2n) is 12.8. The highest BCUT2D eigenvalue weighted by Gasteiger charge is 2.73. The molecule has 2 N–H and O–H groups in total. The summed E-state index contributed by atoms with van der Waals surface area (Å²) in [6.07, 6.45) is 4.70. The molecule has 3 aromatic carbocycles. The Hall–Kier alpha value is -3.74. The van der Waals surface area contributed by atoms with Gasteiger partial charge in [-0.15, -0.1) is 0 Å². The van der Waals surface area contributed by atoms with Crippen molar-refractivity contribution in [2.45, 2.75) is 61.7 Å². The molecule has 4 atom stereocenters. The topological polar surface area (TPSA) is 78.7 Å². The van der Waals surface area contributed by atoms with E-state index in [2.05, 4.69) is 35.2 Å². The zero-order valence-corrected chi connectivity index (χ0v) is 23.0. The molecule has 1 saturated carbocycles. The van der Waals surface area contributed by atoms with E-state index in [1.54, 1.807) is 6.07 Å². The van der Waals surface area contributed by atoms with Gasteiger partial charge < -0.3 is 14.9 Å². The van der Waals surface area contributed by atoms with Gasteiger partial charge in [0.15, 0.2) is 17.6 Å². The van der Waals surface area contributed by atoms with Gasteiger partial charge in [-0.1, -0.05) is 66.7 Å². The van der Waals surface area contributed by atoms with Crippen LogP contribution in [-0.4, -0.2) is 49.8 Å². The maximum Gasteiger partial charge on any atom is 0.166 e. The van der Waals surface area contributed by atoms with E-state index in [4.69, 9.17) is 14.7 Å². The predicted molar refractivity (Wildman–Crippen MR) is 155 cm³/mol. The Morgan fingerprint density at radius 2 is 1.73 bits per heavy atom. The molecule has 206 valence electrons. The fraction of sp³-hybridized carbons (Fsp3) is 0.371. The van der Waals surface area contributed by atoms with Crippen LogP contribution in [0.15, 0.2) is 72.8 Å². The largest absolute Gasteiger partial charge is 0.504 e. The molecule has 2 bridgehead atoms. The van der Waals surface area contributed by atoms with Crippen molar-refractivity contribution in [3.8, 4) is 22.8 Å². The molecule has 3 heterocycles. The van der Waals surface area contributed by atoms with Crippen LogP contribution in [0.2, 0.25) is 0 Å². The normalized spacial score (nSPS) is 29.0. The third kappa shape index (κ3) is 3.26. The van der Waals surface area contributed by atoms with E-state index in [1.807, 2.05) is 36.4 Å². The number of benzene rings is 3. The molecule has 0 radical (unpaired) electrons. The highest BCUT2D eigenvalue weighted by Crippen LogP contribution is 2.69. The van der Waals surface area contributed by atoms with E-state index in [0.29, 0.717) is 18.6 Å². The zero-order valence-electron chi connectivity index (χ0n) is 23.0. The number of piperidine rings is 1. The number of ether oxygens (including phenoxy) is 1. The molecule has 4 aromatic rings. The SMILES string of the molecule is Oc1ccc2c3c1O[C@H]1c4nc(Cc5ccccc5)nc(-c5ccccc5)c4C[C@@]4(O)[C@H](C2)N(CC2CC2)CC[C@]314. The Morgan fingerprint density at radius 3 is 2.51 bits per heavy atom. The van der Waals surface area contributed by atoms with Crippen molar-refractivity contribution in [3.05, 3.63) is 107 Å². The number of phenols is 1. The van der Waals surface area contributed by atoms with Gasteiger partial charge >= 0.3 is 0 Å². The molecule has 1 saturated heterocycles. The summed E-state index contributed by atoms with van der Waals surface area (Å²) in [6.45, 7) is 1.96.